The molecule has 0 spiro atoms. The molecule has 166 valence electrons. The highest BCUT2D eigenvalue weighted by atomic mass is 79.9. The van der Waals surface area contributed by atoms with Crippen LogP contribution in [0.5, 0.6) is 5.75 Å². The van der Waals surface area contributed by atoms with Crippen LogP contribution in [0.25, 0.3) is 0 Å². The Hall–Kier alpha value is -1.07. The topological polar surface area (TPSA) is 47.6 Å². The van der Waals surface area contributed by atoms with Crippen LogP contribution < -0.4 is 10.1 Å². The number of carbonyl (C=O) groups excluding carboxylic acids is 1. The molecule has 30 heavy (non-hydrogen) atoms. The van der Waals surface area contributed by atoms with E-state index in [0.717, 1.165) is 49.8 Å². The first-order chi connectivity index (χ1) is 14.5. The minimum absolute atomic E-state index is 0.0705. The Morgan fingerprint density at radius 1 is 1.33 bits per heavy atom. The predicted octanol–water partition coefficient (Wildman–Crippen LogP) is 5.08. The molecule has 5 heteroatoms. The maximum atomic E-state index is 13.0. The Kier molecular flexibility index (Phi) is 6.79. The number of hydrogen-bond acceptors (Lipinski definition) is 3. The second-order valence-electron chi connectivity index (χ2n) is 9.59. The van der Waals surface area contributed by atoms with Gasteiger partial charge in [0, 0.05) is 24.9 Å². The van der Waals surface area contributed by atoms with Crippen LogP contribution in [-0.2, 0) is 16.0 Å². The highest BCUT2D eigenvalue weighted by Crippen LogP contribution is 2.63. The minimum Gasteiger partial charge on any atom is -0.494 e. The minimum atomic E-state index is 0.0705. The third kappa shape index (κ3) is 3.81. The molecule has 0 saturated heterocycles. The first kappa shape index (κ1) is 22.1. The van der Waals surface area contributed by atoms with Gasteiger partial charge in [-0.25, -0.2) is 0 Å². The molecule has 4 rings (SSSR count). The van der Waals surface area contributed by atoms with Crippen LogP contribution in [0.4, 0.5) is 0 Å². The van der Waals surface area contributed by atoms with E-state index in [1.807, 2.05) is 14.0 Å². The average molecular weight is 478 g/mol. The predicted molar refractivity (Wildman–Crippen MR) is 123 cm³/mol. The first-order valence-electron chi connectivity index (χ1n) is 11.7. The van der Waals surface area contributed by atoms with Crippen molar-refractivity contribution in [3.05, 3.63) is 29.3 Å². The van der Waals surface area contributed by atoms with Gasteiger partial charge in [0.15, 0.2) is 0 Å². The lowest BCUT2D eigenvalue weighted by Crippen LogP contribution is -2.47. The van der Waals surface area contributed by atoms with Crippen molar-refractivity contribution in [3.63, 3.8) is 0 Å². The Morgan fingerprint density at radius 2 is 2.17 bits per heavy atom. The highest BCUT2D eigenvalue weighted by molar-refractivity contribution is 9.09. The Bertz CT molecular complexity index is 769. The summed E-state index contributed by atoms with van der Waals surface area (Å²) in [5.41, 5.74) is 3.05. The largest absolute Gasteiger partial charge is 0.494 e. The van der Waals surface area contributed by atoms with Gasteiger partial charge in [0.25, 0.3) is 0 Å². The van der Waals surface area contributed by atoms with E-state index >= 15 is 0 Å². The number of nitrogens with one attached hydrogen (secondary N) is 1. The van der Waals surface area contributed by atoms with E-state index in [2.05, 4.69) is 46.4 Å². The van der Waals surface area contributed by atoms with Crippen molar-refractivity contribution in [2.24, 2.45) is 23.2 Å². The van der Waals surface area contributed by atoms with Gasteiger partial charge in [0.05, 0.1) is 12.7 Å². The summed E-state index contributed by atoms with van der Waals surface area (Å²) in [6.07, 6.45) is 6.63. The van der Waals surface area contributed by atoms with E-state index in [1.165, 1.54) is 17.5 Å². The Morgan fingerprint density at radius 3 is 2.90 bits per heavy atom. The van der Waals surface area contributed by atoms with Crippen LogP contribution >= 0.6 is 15.9 Å². The molecular formula is C25H36BrNO3. The number of rotatable bonds is 7. The van der Waals surface area contributed by atoms with Crippen LogP contribution in [0.2, 0.25) is 0 Å². The molecule has 2 fully saturated rings. The summed E-state index contributed by atoms with van der Waals surface area (Å²) in [5.74, 6) is 2.81. The number of benzene rings is 1. The van der Waals surface area contributed by atoms with Crippen LogP contribution in [0.3, 0.4) is 0 Å². The van der Waals surface area contributed by atoms with Crippen LogP contribution in [0.1, 0.15) is 63.0 Å². The molecule has 0 unspecified atom stereocenters. The fourth-order valence-corrected chi connectivity index (χ4v) is 7.12. The summed E-state index contributed by atoms with van der Waals surface area (Å²) in [7, 11) is 1.83. The second-order valence-corrected chi connectivity index (χ2v) is 10.4. The zero-order valence-electron chi connectivity index (χ0n) is 18.6. The molecule has 6 atom stereocenters. The molecule has 0 aromatic heterocycles. The smallest absolute Gasteiger partial charge is 0.223 e. The molecule has 1 N–H and O–H groups in total. The van der Waals surface area contributed by atoms with Crippen molar-refractivity contribution < 1.29 is 14.3 Å². The lowest BCUT2D eigenvalue weighted by Gasteiger charge is -2.51. The van der Waals surface area contributed by atoms with E-state index in [1.54, 1.807) is 0 Å². The SMILES string of the molecule is CCNC(=O)[C@H]1C[C@H](OC)[C@@]2(C)CC[C@@H]3c4ccc(OCCCBr)cc4CC[C@H]3[C@H]12. The molecule has 1 aromatic carbocycles. The van der Waals surface area contributed by atoms with Gasteiger partial charge in [0.2, 0.25) is 5.91 Å². The standard InChI is InChI=1S/C25H36BrNO3/c1-4-27-24(28)21-15-22(29-3)25(2)11-10-19-18-9-7-17(30-13-5-12-26)14-16(18)6-8-20(19)23(21)25/h7,9,14,19-23H,4-6,8,10-13,15H2,1-3H3,(H,27,28)/t19-,20-,21+,22+,23-,25-/m1/s1. The molecule has 3 aliphatic carbocycles. The number of methoxy groups -OCH3 is 1. The van der Waals surface area contributed by atoms with Crippen LogP contribution in [-0.4, -0.2) is 37.6 Å². The highest BCUT2D eigenvalue weighted by Gasteiger charge is 2.60. The lowest BCUT2D eigenvalue weighted by molar-refractivity contribution is -0.128. The number of fused-ring (bicyclic) bond motifs is 5. The first-order valence-corrected chi connectivity index (χ1v) is 12.8. The molecule has 0 radical (unpaired) electrons. The van der Waals surface area contributed by atoms with Gasteiger partial charge in [-0.2, -0.15) is 0 Å². The quantitative estimate of drug-likeness (QED) is 0.439. The van der Waals surface area contributed by atoms with E-state index in [9.17, 15) is 4.79 Å². The number of amides is 1. The van der Waals surface area contributed by atoms with E-state index in [-0.39, 0.29) is 23.3 Å². The molecule has 3 aliphatic rings. The number of aryl methyl sites for hydroxylation is 1. The van der Waals surface area contributed by atoms with Crippen molar-refractivity contribution in [1.82, 2.24) is 5.32 Å². The Balaban J connectivity index is 1.60. The average Bonchev–Trinajstić information content (AvgIpc) is 3.06. The molecule has 4 nitrogen and oxygen atoms in total. The fourth-order valence-electron chi connectivity index (χ4n) is 6.89. The normalized spacial score (nSPS) is 34.6. The molecular weight excluding hydrogens is 442 g/mol. The van der Waals surface area contributed by atoms with Gasteiger partial charge < -0.3 is 14.8 Å². The molecule has 1 amide bonds. The fraction of sp³-hybridized carbons (Fsp3) is 0.720. The Labute approximate surface area is 189 Å². The monoisotopic (exact) mass is 477 g/mol. The third-order valence-electron chi connectivity index (χ3n) is 8.15. The maximum absolute atomic E-state index is 13.0. The van der Waals surface area contributed by atoms with Gasteiger partial charge >= 0.3 is 0 Å². The maximum Gasteiger partial charge on any atom is 0.223 e. The van der Waals surface area contributed by atoms with Crippen LogP contribution in [0, 0.1) is 23.2 Å². The number of carbonyl (C=O) groups is 1. The van der Waals surface area contributed by atoms with Gasteiger partial charge in [-0.15, -0.1) is 0 Å². The molecule has 0 bridgehead atoms. The van der Waals surface area contributed by atoms with Crippen LogP contribution in [0.15, 0.2) is 18.2 Å². The summed E-state index contributed by atoms with van der Waals surface area (Å²) in [4.78, 5) is 13.0. The summed E-state index contributed by atoms with van der Waals surface area (Å²) in [6, 6.07) is 6.72. The van der Waals surface area contributed by atoms with Gasteiger partial charge in [0.1, 0.15) is 5.75 Å². The molecule has 0 aliphatic heterocycles. The van der Waals surface area contributed by atoms with Gasteiger partial charge in [-0.1, -0.05) is 28.9 Å². The van der Waals surface area contributed by atoms with Crippen molar-refractivity contribution in [3.8, 4) is 5.75 Å². The summed E-state index contributed by atoms with van der Waals surface area (Å²) < 4.78 is 11.9. The molecule has 0 heterocycles. The zero-order chi connectivity index (χ0) is 21.3. The number of halogens is 1. The number of alkyl halides is 1. The molecule has 2 saturated carbocycles. The van der Waals surface area contributed by atoms with Gasteiger partial charge in [-0.05, 0) is 91.9 Å². The van der Waals surface area contributed by atoms with Crippen molar-refractivity contribution in [2.75, 3.05) is 25.6 Å². The molecule has 1 aromatic rings. The van der Waals surface area contributed by atoms with Crippen molar-refractivity contribution in [1.29, 1.82) is 0 Å². The van der Waals surface area contributed by atoms with Crippen molar-refractivity contribution in [2.45, 2.75) is 64.4 Å². The third-order valence-corrected chi connectivity index (χ3v) is 8.71. The summed E-state index contributed by atoms with van der Waals surface area (Å²) in [5, 5.41) is 4.08. The van der Waals surface area contributed by atoms with Crippen molar-refractivity contribution >= 4 is 21.8 Å². The van der Waals surface area contributed by atoms with Gasteiger partial charge in [-0.3, -0.25) is 4.79 Å². The zero-order valence-corrected chi connectivity index (χ0v) is 20.2. The van der Waals surface area contributed by atoms with E-state index < -0.39 is 0 Å². The number of ether oxygens (including phenoxy) is 2. The number of hydrogen-bond donors (Lipinski definition) is 1. The lowest BCUT2D eigenvalue weighted by atomic mass is 9.54. The van der Waals surface area contributed by atoms with E-state index in [0.29, 0.717) is 24.3 Å². The summed E-state index contributed by atoms with van der Waals surface area (Å²) in [6.45, 7) is 5.85. The van der Waals surface area contributed by atoms with E-state index in [4.69, 9.17) is 9.47 Å². The summed E-state index contributed by atoms with van der Waals surface area (Å²) >= 11 is 3.46. The second kappa shape index (κ2) is 9.20.